The lowest BCUT2D eigenvalue weighted by Crippen LogP contribution is -2.43. The minimum absolute atomic E-state index is 0.121. The number of nitrogens with two attached hydrogens (primary N) is 1. The van der Waals surface area contributed by atoms with E-state index >= 15 is 0 Å². The molecule has 6 heteroatoms. The van der Waals surface area contributed by atoms with Crippen LogP contribution in [0.4, 0.5) is 17.1 Å². The van der Waals surface area contributed by atoms with Crippen molar-refractivity contribution in [2.24, 2.45) is 0 Å². The first-order valence-corrected chi connectivity index (χ1v) is 5.18. The second kappa shape index (κ2) is 4.36. The Morgan fingerprint density at radius 1 is 1.38 bits per heavy atom. The Morgan fingerprint density at radius 2 is 2.06 bits per heavy atom. The van der Waals surface area contributed by atoms with Crippen LogP contribution >= 0.6 is 0 Å². The highest BCUT2D eigenvalue weighted by atomic mass is 16.6. The summed E-state index contributed by atoms with van der Waals surface area (Å²) in [5, 5.41) is 14.1. The van der Waals surface area contributed by atoms with Gasteiger partial charge in [-0.25, -0.2) is 0 Å². The number of nitrogen functional groups attached to an aromatic ring is 1. The van der Waals surface area contributed by atoms with Crippen molar-refractivity contribution in [2.45, 2.75) is 0 Å². The van der Waals surface area contributed by atoms with Gasteiger partial charge in [-0.05, 0) is 12.1 Å². The summed E-state index contributed by atoms with van der Waals surface area (Å²) in [7, 11) is 0. The molecular weight excluding hydrogens is 208 g/mol. The molecule has 1 aromatic rings. The first-order valence-electron chi connectivity index (χ1n) is 5.18. The first-order chi connectivity index (χ1) is 7.68. The van der Waals surface area contributed by atoms with Crippen LogP contribution in [0.25, 0.3) is 0 Å². The van der Waals surface area contributed by atoms with Gasteiger partial charge in [0, 0.05) is 37.9 Å². The molecule has 0 spiro atoms. The van der Waals surface area contributed by atoms with Gasteiger partial charge in [-0.3, -0.25) is 10.1 Å². The number of anilines is 2. The molecule has 0 aliphatic carbocycles. The Balaban J connectivity index is 2.36. The molecular formula is C10H14N4O2. The predicted molar refractivity (Wildman–Crippen MR) is 62.6 cm³/mol. The highest BCUT2D eigenvalue weighted by molar-refractivity contribution is 5.68. The van der Waals surface area contributed by atoms with Gasteiger partial charge in [-0.15, -0.1) is 0 Å². The van der Waals surface area contributed by atoms with Crippen molar-refractivity contribution >= 4 is 17.1 Å². The summed E-state index contributed by atoms with van der Waals surface area (Å²) in [6, 6.07) is 4.69. The molecule has 16 heavy (non-hydrogen) atoms. The van der Waals surface area contributed by atoms with Gasteiger partial charge in [0.15, 0.2) is 0 Å². The van der Waals surface area contributed by atoms with Gasteiger partial charge in [0.1, 0.15) is 5.69 Å². The summed E-state index contributed by atoms with van der Waals surface area (Å²) in [6.45, 7) is 3.21. The van der Waals surface area contributed by atoms with Crippen LogP contribution in [0.2, 0.25) is 0 Å². The van der Waals surface area contributed by atoms with E-state index in [0.717, 1.165) is 26.2 Å². The average Bonchev–Trinajstić information content (AvgIpc) is 2.29. The van der Waals surface area contributed by atoms with Crippen molar-refractivity contribution in [3.8, 4) is 0 Å². The van der Waals surface area contributed by atoms with Crippen LogP contribution in [0, 0.1) is 10.1 Å². The lowest BCUT2D eigenvalue weighted by Gasteiger charge is -2.29. The maximum atomic E-state index is 10.9. The number of benzene rings is 1. The lowest BCUT2D eigenvalue weighted by molar-refractivity contribution is -0.384. The molecule has 1 saturated heterocycles. The van der Waals surface area contributed by atoms with E-state index in [0.29, 0.717) is 11.4 Å². The third-order valence-electron chi connectivity index (χ3n) is 2.65. The van der Waals surface area contributed by atoms with Gasteiger partial charge in [0.05, 0.1) is 4.92 Å². The number of nitro groups is 1. The van der Waals surface area contributed by atoms with Gasteiger partial charge in [-0.2, -0.15) is 0 Å². The van der Waals surface area contributed by atoms with Crippen molar-refractivity contribution in [3.05, 3.63) is 28.3 Å². The molecule has 1 heterocycles. The van der Waals surface area contributed by atoms with Crippen molar-refractivity contribution in [1.82, 2.24) is 5.32 Å². The highest BCUT2D eigenvalue weighted by Gasteiger charge is 2.20. The number of hydrogen-bond donors (Lipinski definition) is 2. The lowest BCUT2D eigenvalue weighted by atomic mass is 10.2. The van der Waals surface area contributed by atoms with Gasteiger partial charge >= 0.3 is 0 Å². The smallest absolute Gasteiger partial charge is 0.292 e. The van der Waals surface area contributed by atoms with Crippen LogP contribution in [0.5, 0.6) is 0 Å². The molecule has 6 nitrogen and oxygen atoms in total. The summed E-state index contributed by atoms with van der Waals surface area (Å²) in [4.78, 5) is 12.5. The number of hydrogen-bond acceptors (Lipinski definition) is 5. The molecule has 1 aliphatic heterocycles. The number of piperazine rings is 1. The second-order valence-electron chi connectivity index (χ2n) is 3.74. The van der Waals surface area contributed by atoms with Crippen molar-refractivity contribution in [2.75, 3.05) is 36.8 Å². The van der Waals surface area contributed by atoms with Crippen LogP contribution in [0.15, 0.2) is 18.2 Å². The Labute approximate surface area is 93.2 Å². The van der Waals surface area contributed by atoms with Gasteiger partial charge < -0.3 is 16.0 Å². The van der Waals surface area contributed by atoms with E-state index in [1.807, 2.05) is 4.90 Å². The van der Waals surface area contributed by atoms with E-state index in [1.54, 1.807) is 12.1 Å². The zero-order valence-electron chi connectivity index (χ0n) is 8.85. The fourth-order valence-corrected chi connectivity index (χ4v) is 1.85. The minimum atomic E-state index is -0.364. The number of nitro benzene ring substituents is 1. The van der Waals surface area contributed by atoms with Crippen molar-refractivity contribution in [1.29, 1.82) is 0 Å². The number of nitrogens with zero attached hydrogens (tertiary/aromatic N) is 2. The van der Waals surface area contributed by atoms with Crippen LogP contribution in [-0.4, -0.2) is 31.1 Å². The molecule has 3 N–H and O–H groups in total. The summed E-state index contributed by atoms with van der Waals surface area (Å²) in [5.74, 6) is 0. The molecule has 1 aromatic carbocycles. The molecule has 2 rings (SSSR count). The Hall–Kier alpha value is -1.82. The molecule has 0 aromatic heterocycles. The maximum Gasteiger partial charge on any atom is 0.292 e. The molecule has 86 valence electrons. The predicted octanol–water partition coefficient (Wildman–Crippen LogP) is 0.587. The van der Waals surface area contributed by atoms with E-state index in [9.17, 15) is 10.1 Å². The van der Waals surface area contributed by atoms with Gasteiger partial charge in [-0.1, -0.05) is 0 Å². The largest absolute Gasteiger partial charge is 0.399 e. The zero-order valence-corrected chi connectivity index (χ0v) is 8.85. The Bertz CT molecular complexity index is 402. The SMILES string of the molecule is Nc1ccc([N+](=O)[O-])c(N2CCNCC2)c1. The van der Waals surface area contributed by atoms with Gasteiger partial charge in [0.2, 0.25) is 0 Å². The summed E-state index contributed by atoms with van der Waals surface area (Å²) in [6.07, 6.45) is 0. The number of nitrogens with one attached hydrogen (secondary N) is 1. The normalized spacial score (nSPS) is 16.1. The van der Waals surface area contributed by atoms with Gasteiger partial charge in [0.25, 0.3) is 5.69 Å². The molecule has 0 bridgehead atoms. The summed E-state index contributed by atoms with van der Waals surface area (Å²) < 4.78 is 0. The van der Waals surface area contributed by atoms with E-state index in [-0.39, 0.29) is 10.6 Å². The highest BCUT2D eigenvalue weighted by Crippen LogP contribution is 2.30. The van der Waals surface area contributed by atoms with E-state index in [2.05, 4.69) is 5.32 Å². The fourth-order valence-electron chi connectivity index (χ4n) is 1.85. The topological polar surface area (TPSA) is 84.4 Å². The zero-order chi connectivity index (χ0) is 11.5. The summed E-state index contributed by atoms with van der Waals surface area (Å²) in [5.41, 5.74) is 6.96. The molecule has 0 unspecified atom stereocenters. The van der Waals surface area contributed by atoms with Crippen LogP contribution in [-0.2, 0) is 0 Å². The van der Waals surface area contributed by atoms with E-state index in [4.69, 9.17) is 5.73 Å². The maximum absolute atomic E-state index is 10.9. The molecule has 1 fully saturated rings. The first kappa shape index (κ1) is 10.7. The molecule has 0 atom stereocenters. The molecule has 0 radical (unpaired) electrons. The fraction of sp³-hybridized carbons (Fsp3) is 0.400. The third kappa shape index (κ3) is 2.06. The average molecular weight is 222 g/mol. The van der Waals surface area contributed by atoms with Crippen LogP contribution < -0.4 is 16.0 Å². The molecule has 0 amide bonds. The standard InChI is InChI=1S/C10H14N4O2/c11-8-1-2-9(14(15)16)10(7-8)13-5-3-12-4-6-13/h1-2,7,12H,3-6,11H2. The van der Waals surface area contributed by atoms with Crippen LogP contribution in [0.1, 0.15) is 0 Å². The Morgan fingerprint density at radius 3 is 2.69 bits per heavy atom. The summed E-state index contributed by atoms with van der Waals surface area (Å²) >= 11 is 0. The second-order valence-corrected chi connectivity index (χ2v) is 3.74. The quantitative estimate of drug-likeness (QED) is 0.434. The van der Waals surface area contributed by atoms with Crippen LogP contribution in [0.3, 0.4) is 0 Å². The van der Waals surface area contributed by atoms with E-state index < -0.39 is 0 Å². The number of rotatable bonds is 2. The van der Waals surface area contributed by atoms with Crippen molar-refractivity contribution < 1.29 is 4.92 Å². The van der Waals surface area contributed by atoms with Crippen molar-refractivity contribution in [3.63, 3.8) is 0 Å². The molecule has 0 saturated carbocycles. The van der Waals surface area contributed by atoms with E-state index in [1.165, 1.54) is 6.07 Å². The monoisotopic (exact) mass is 222 g/mol. The molecule has 1 aliphatic rings. The Kier molecular flexibility index (Phi) is 2.91. The minimum Gasteiger partial charge on any atom is -0.399 e. The third-order valence-corrected chi connectivity index (χ3v) is 2.65.